The quantitative estimate of drug-likeness (QED) is 0.467. The Kier molecular flexibility index (Phi) is 7.54. The summed E-state index contributed by atoms with van der Waals surface area (Å²) in [6.45, 7) is 4.45. The number of alkyl carbamates (subject to hydrolysis) is 1. The number of carboxylic acids is 1. The van der Waals surface area contributed by atoms with Gasteiger partial charge in [0.1, 0.15) is 6.61 Å². The van der Waals surface area contributed by atoms with Crippen molar-refractivity contribution in [1.82, 2.24) is 10.6 Å². The average molecular weight is 477 g/mol. The van der Waals surface area contributed by atoms with Crippen molar-refractivity contribution in [3.63, 3.8) is 0 Å². The molecule has 184 valence electrons. The molecule has 2 aromatic rings. The Hall–Kier alpha value is -3.61. The summed E-state index contributed by atoms with van der Waals surface area (Å²) in [7, 11) is 0. The van der Waals surface area contributed by atoms with Crippen LogP contribution in [0.3, 0.4) is 0 Å². The van der Waals surface area contributed by atoms with Gasteiger partial charge in [0, 0.05) is 12.5 Å². The third-order valence-corrected chi connectivity index (χ3v) is 6.99. The first-order valence-corrected chi connectivity index (χ1v) is 12.1. The first-order chi connectivity index (χ1) is 16.8. The van der Waals surface area contributed by atoms with E-state index in [1.54, 1.807) is 6.08 Å². The highest BCUT2D eigenvalue weighted by Gasteiger charge is 2.30. The lowest BCUT2D eigenvalue weighted by Crippen LogP contribution is -2.38. The first-order valence-electron chi connectivity index (χ1n) is 12.1. The number of aliphatic carboxylic acids is 1. The largest absolute Gasteiger partial charge is 0.481 e. The van der Waals surface area contributed by atoms with Gasteiger partial charge in [-0.2, -0.15) is 0 Å². The number of rotatable bonds is 9. The number of carbonyl (C=O) groups is 3. The van der Waals surface area contributed by atoms with Crippen LogP contribution in [-0.2, 0) is 14.3 Å². The number of nitrogens with one attached hydrogen (secondary N) is 2. The van der Waals surface area contributed by atoms with Crippen LogP contribution >= 0.6 is 0 Å². The van der Waals surface area contributed by atoms with Gasteiger partial charge in [-0.05, 0) is 40.5 Å². The second kappa shape index (κ2) is 10.8. The normalized spacial score (nSPS) is 19.2. The Morgan fingerprint density at radius 1 is 1.00 bits per heavy atom. The summed E-state index contributed by atoms with van der Waals surface area (Å²) in [6, 6.07) is 16.1. The van der Waals surface area contributed by atoms with Crippen LogP contribution in [0.15, 0.2) is 60.7 Å². The maximum absolute atomic E-state index is 12.6. The molecule has 3 N–H and O–H groups in total. The molecule has 35 heavy (non-hydrogen) atoms. The second-order valence-corrected chi connectivity index (χ2v) is 9.65. The number of amides is 2. The molecule has 0 fully saturated rings. The summed E-state index contributed by atoms with van der Waals surface area (Å²) in [5.74, 6) is -1.39. The Morgan fingerprint density at radius 3 is 2.23 bits per heavy atom. The van der Waals surface area contributed by atoms with Crippen LogP contribution in [0.2, 0.25) is 0 Å². The van der Waals surface area contributed by atoms with Crippen LogP contribution in [0.4, 0.5) is 4.79 Å². The summed E-state index contributed by atoms with van der Waals surface area (Å²) >= 11 is 0. The Labute approximate surface area is 205 Å². The Balaban J connectivity index is 1.26. The SMILES string of the molecule is CC(C)C(CNC(=O)C1C=CC(NC(=O)OCC2c3ccccc3-c3ccccc32)C1)CC(=O)O. The van der Waals surface area contributed by atoms with Crippen LogP contribution in [0.5, 0.6) is 0 Å². The minimum absolute atomic E-state index is 0.00879. The van der Waals surface area contributed by atoms with Gasteiger partial charge in [-0.25, -0.2) is 4.79 Å². The van der Waals surface area contributed by atoms with E-state index in [4.69, 9.17) is 9.84 Å². The van der Waals surface area contributed by atoms with Crippen molar-refractivity contribution in [2.45, 2.75) is 38.6 Å². The number of fused-ring (bicyclic) bond motifs is 3. The van der Waals surface area contributed by atoms with Crippen LogP contribution in [0.25, 0.3) is 11.1 Å². The molecular weight excluding hydrogens is 444 g/mol. The average Bonchev–Trinajstić information content (AvgIpc) is 3.42. The zero-order chi connectivity index (χ0) is 24.9. The molecule has 0 saturated carbocycles. The highest BCUT2D eigenvalue weighted by Crippen LogP contribution is 2.44. The molecule has 2 amide bonds. The predicted molar refractivity (Wildman–Crippen MR) is 133 cm³/mol. The molecule has 0 radical (unpaired) electrons. The summed E-state index contributed by atoms with van der Waals surface area (Å²) in [4.78, 5) is 36.1. The summed E-state index contributed by atoms with van der Waals surface area (Å²) in [6.07, 6.45) is 3.55. The molecule has 0 bridgehead atoms. The van der Waals surface area contributed by atoms with Crippen molar-refractivity contribution in [3.8, 4) is 11.1 Å². The van der Waals surface area contributed by atoms with Crippen molar-refractivity contribution < 1.29 is 24.2 Å². The maximum atomic E-state index is 12.6. The van der Waals surface area contributed by atoms with Crippen molar-refractivity contribution in [3.05, 3.63) is 71.8 Å². The molecule has 0 heterocycles. The van der Waals surface area contributed by atoms with E-state index in [2.05, 4.69) is 34.9 Å². The van der Waals surface area contributed by atoms with Gasteiger partial charge in [0.25, 0.3) is 0 Å². The molecule has 7 nitrogen and oxygen atoms in total. The van der Waals surface area contributed by atoms with E-state index in [-0.39, 0.29) is 48.6 Å². The number of carbonyl (C=O) groups excluding carboxylic acids is 2. The molecule has 0 spiro atoms. The highest BCUT2D eigenvalue weighted by atomic mass is 16.5. The molecule has 0 saturated heterocycles. The standard InChI is InChI=1S/C28H32N2O5/c1-17(2)19(14-26(31)32)15-29-27(33)18-11-12-20(13-18)30-28(34)35-16-25-23-9-5-3-7-21(23)22-8-4-6-10-24(22)25/h3-12,17-20,25H,13-16H2,1-2H3,(H,29,33)(H,30,34)(H,31,32). The van der Waals surface area contributed by atoms with Crippen LogP contribution in [-0.4, -0.2) is 42.3 Å². The molecule has 2 aromatic carbocycles. The van der Waals surface area contributed by atoms with Gasteiger partial charge in [-0.1, -0.05) is 74.5 Å². The minimum atomic E-state index is -0.869. The first kappa shape index (κ1) is 24.5. The number of ether oxygens (including phenoxy) is 1. The third-order valence-electron chi connectivity index (χ3n) is 6.99. The molecule has 0 aliphatic heterocycles. The Morgan fingerprint density at radius 2 is 1.63 bits per heavy atom. The zero-order valence-corrected chi connectivity index (χ0v) is 20.1. The van der Waals surface area contributed by atoms with Gasteiger partial charge in [-0.3, -0.25) is 9.59 Å². The molecular formula is C28H32N2O5. The van der Waals surface area contributed by atoms with E-state index >= 15 is 0 Å². The van der Waals surface area contributed by atoms with Crippen molar-refractivity contribution >= 4 is 18.0 Å². The smallest absolute Gasteiger partial charge is 0.407 e. The van der Waals surface area contributed by atoms with Crippen molar-refractivity contribution in [2.75, 3.05) is 13.2 Å². The molecule has 3 atom stereocenters. The fraction of sp³-hybridized carbons (Fsp3) is 0.393. The van der Waals surface area contributed by atoms with Crippen LogP contribution in [0, 0.1) is 17.8 Å². The molecule has 3 unspecified atom stereocenters. The fourth-order valence-electron chi connectivity index (χ4n) is 4.92. The minimum Gasteiger partial charge on any atom is -0.481 e. The number of hydrogen-bond acceptors (Lipinski definition) is 4. The molecule has 0 aromatic heterocycles. The lowest BCUT2D eigenvalue weighted by atomic mass is 9.92. The van der Waals surface area contributed by atoms with Crippen LogP contribution in [0.1, 0.15) is 43.7 Å². The highest BCUT2D eigenvalue weighted by molar-refractivity contribution is 5.81. The predicted octanol–water partition coefficient (Wildman–Crippen LogP) is 4.33. The van der Waals surface area contributed by atoms with Crippen LogP contribution < -0.4 is 10.6 Å². The third kappa shape index (κ3) is 5.73. The van der Waals surface area contributed by atoms with Gasteiger partial charge < -0.3 is 20.5 Å². The van der Waals surface area contributed by atoms with E-state index < -0.39 is 12.1 Å². The Bertz CT molecular complexity index is 1080. The van der Waals surface area contributed by atoms with Gasteiger partial charge >= 0.3 is 12.1 Å². The number of hydrogen-bond donors (Lipinski definition) is 3. The van der Waals surface area contributed by atoms with E-state index in [9.17, 15) is 14.4 Å². The van der Waals surface area contributed by atoms with Gasteiger partial charge in [-0.15, -0.1) is 0 Å². The maximum Gasteiger partial charge on any atom is 0.407 e. The topological polar surface area (TPSA) is 105 Å². The monoisotopic (exact) mass is 476 g/mol. The van der Waals surface area contributed by atoms with E-state index in [1.165, 1.54) is 11.1 Å². The van der Waals surface area contributed by atoms with E-state index in [0.717, 1.165) is 11.1 Å². The summed E-state index contributed by atoms with van der Waals surface area (Å²) < 4.78 is 5.60. The zero-order valence-electron chi connectivity index (χ0n) is 20.1. The second-order valence-electron chi connectivity index (χ2n) is 9.65. The van der Waals surface area contributed by atoms with Gasteiger partial charge in [0.2, 0.25) is 5.91 Å². The molecule has 2 aliphatic carbocycles. The molecule has 4 rings (SSSR count). The van der Waals surface area contributed by atoms with Crippen molar-refractivity contribution in [1.29, 1.82) is 0 Å². The lowest BCUT2D eigenvalue weighted by molar-refractivity contribution is -0.138. The van der Waals surface area contributed by atoms with Gasteiger partial charge in [0.05, 0.1) is 18.4 Å². The van der Waals surface area contributed by atoms with Gasteiger partial charge in [0.15, 0.2) is 0 Å². The molecule has 2 aliphatic rings. The lowest BCUT2D eigenvalue weighted by Gasteiger charge is -2.21. The van der Waals surface area contributed by atoms with E-state index in [0.29, 0.717) is 13.0 Å². The van der Waals surface area contributed by atoms with Crippen molar-refractivity contribution in [2.24, 2.45) is 17.8 Å². The van der Waals surface area contributed by atoms with E-state index in [1.807, 2.05) is 44.2 Å². The molecule has 7 heteroatoms. The summed E-state index contributed by atoms with van der Waals surface area (Å²) in [5, 5.41) is 14.8. The summed E-state index contributed by atoms with van der Waals surface area (Å²) in [5.41, 5.74) is 4.66. The number of carboxylic acid groups (broad SMARTS) is 1. The fourth-order valence-corrected chi connectivity index (χ4v) is 4.92. The number of benzene rings is 2.